The van der Waals surface area contributed by atoms with Crippen LogP contribution in [0.15, 0.2) is 22.7 Å². The maximum atomic E-state index is 3.60. The van der Waals surface area contributed by atoms with Gasteiger partial charge in [-0.2, -0.15) is 0 Å². The average Bonchev–Trinajstić information content (AvgIpc) is 2.20. The summed E-state index contributed by atoms with van der Waals surface area (Å²) >= 11 is 3.60. The Balaban J connectivity index is 2.27. The lowest BCUT2D eigenvalue weighted by Gasteiger charge is -2.41. The molecule has 88 valence electrons. The van der Waals surface area contributed by atoms with Gasteiger partial charge in [-0.05, 0) is 38.5 Å². The van der Waals surface area contributed by atoms with E-state index in [0.29, 0.717) is 0 Å². The first-order valence-corrected chi connectivity index (χ1v) is 6.54. The third kappa shape index (κ3) is 2.41. The summed E-state index contributed by atoms with van der Waals surface area (Å²) in [5.74, 6) is 0. The largest absolute Gasteiger partial charge is 0.368 e. The van der Waals surface area contributed by atoms with Gasteiger partial charge < -0.3 is 10.2 Å². The maximum absolute atomic E-state index is 3.60. The molecule has 1 aromatic rings. The van der Waals surface area contributed by atoms with Crippen molar-refractivity contribution in [1.82, 2.24) is 5.32 Å². The summed E-state index contributed by atoms with van der Waals surface area (Å²) in [4.78, 5) is 2.47. The SMILES string of the molecule is Cc1c(Br)cccc1N1CCNC(C)(C)C1. The Hall–Kier alpha value is -0.540. The standard InChI is InChI=1S/C13H19BrN2/c1-10-11(14)5-4-6-12(10)16-8-7-15-13(2,3)9-16/h4-6,15H,7-9H2,1-3H3. The van der Waals surface area contributed by atoms with Crippen LogP contribution >= 0.6 is 15.9 Å². The highest BCUT2D eigenvalue weighted by Gasteiger charge is 2.26. The fourth-order valence-corrected chi connectivity index (χ4v) is 2.64. The fourth-order valence-electron chi connectivity index (χ4n) is 2.29. The minimum atomic E-state index is 0.201. The summed E-state index contributed by atoms with van der Waals surface area (Å²) in [7, 11) is 0. The Morgan fingerprint density at radius 1 is 1.38 bits per heavy atom. The van der Waals surface area contributed by atoms with E-state index in [1.807, 2.05) is 0 Å². The fraction of sp³-hybridized carbons (Fsp3) is 0.538. The molecular weight excluding hydrogens is 264 g/mol. The summed E-state index contributed by atoms with van der Waals surface area (Å²) in [6.07, 6.45) is 0. The molecule has 0 aromatic heterocycles. The monoisotopic (exact) mass is 282 g/mol. The zero-order chi connectivity index (χ0) is 11.8. The third-order valence-electron chi connectivity index (χ3n) is 3.15. The molecule has 0 radical (unpaired) electrons. The highest BCUT2D eigenvalue weighted by Crippen LogP contribution is 2.28. The van der Waals surface area contributed by atoms with Crippen molar-refractivity contribution in [1.29, 1.82) is 0 Å². The Labute approximate surface area is 106 Å². The number of nitrogens with one attached hydrogen (secondary N) is 1. The van der Waals surface area contributed by atoms with E-state index in [1.165, 1.54) is 15.7 Å². The highest BCUT2D eigenvalue weighted by molar-refractivity contribution is 9.10. The third-order valence-corrected chi connectivity index (χ3v) is 4.01. The van der Waals surface area contributed by atoms with Crippen molar-refractivity contribution in [2.45, 2.75) is 26.3 Å². The van der Waals surface area contributed by atoms with Crippen LogP contribution < -0.4 is 10.2 Å². The van der Waals surface area contributed by atoms with E-state index in [-0.39, 0.29) is 5.54 Å². The summed E-state index contributed by atoms with van der Waals surface area (Å²) in [5.41, 5.74) is 2.89. The van der Waals surface area contributed by atoms with Crippen LogP contribution in [0.2, 0.25) is 0 Å². The van der Waals surface area contributed by atoms with Gasteiger partial charge in [0, 0.05) is 35.3 Å². The van der Waals surface area contributed by atoms with E-state index in [2.05, 4.69) is 65.1 Å². The molecule has 0 bridgehead atoms. The lowest BCUT2D eigenvalue weighted by Crippen LogP contribution is -2.57. The first-order valence-electron chi connectivity index (χ1n) is 5.75. The molecule has 0 spiro atoms. The van der Waals surface area contributed by atoms with Crippen molar-refractivity contribution in [3.8, 4) is 0 Å². The second kappa shape index (κ2) is 4.38. The number of halogens is 1. The molecule has 0 amide bonds. The van der Waals surface area contributed by atoms with Crippen LogP contribution in [0, 0.1) is 6.92 Å². The molecule has 3 heteroatoms. The molecule has 16 heavy (non-hydrogen) atoms. The summed E-state index contributed by atoms with van der Waals surface area (Å²) in [6.45, 7) is 9.89. The normalized spacial score (nSPS) is 19.9. The Morgan fingerprint density at radius 3 is 2.81 bits per heavy atom. The summed E-state index contributed by atoms with van der Waals surface area (Å²) < 4.78 is 1.20. The molecule has 1 heterocycles. The van der Waals surface area contributed by atoms with Gasteiger partial charge in [-0.3, -0.25) is 0 Å². The Bertz CT molecular complexity index is 388. The van der Waals surface area contributed by atoms with Crippen molar-refractivity contribution in [2.75, 3.05) is 24.5 Å². The number of hydrogen-bond acceptors (Lipinski definition) is 2. The van der Waals surface area contributed by atoms with Gasteiger partial charge in [0.05, 0.1) is 0 Å². The topological polar surface area (TPSA) is 15.3 Å². The molecule has 0 saturated carbocycles. The van der Waals surface area contributed by atoms with Crippen LogP contribution in [0.1, 0.15) is 19.4 Å². The zero-order valence-corrected chi connectivity index (χ0v) is 11.8. The number of nitrogens with zero attached hydrogens (tertiary/aromatic N) is 1. The van der Waals surface area contributed by atoms with Gasteiger partial charge in [-0.15, -0.1) is 0 Å². The van der Waals surface area contributed by atoms with E-state index in [4.69, 9.17) is 0 Å². The van der Waals surface area contributed by atoms with Crippen LogP contribution in [-0.4, -0.2) is 25.2 Å². The van der Waals surface area contributed by atoms with Crippen molar-refractivity contribution in [3.63, 3.8) is 0 Å². The quantitative estimate of drug-likeness (QED) is 0.852. The smallest absolute Gasteiger partial charge is 0.0408 e. The van der Waals surface area contributed by atoms with E-state index < -0.39 is 0 Å². The maximum Gasteiger partial charge on any atom is 0.0408 e. The van der Waals surface area contributed by atoms with Crippen molar-refractivity contribution in [3.05, 3.63) is 28.2 Å². The van der Waals surface area contributed by atoms with Crippen LogP contribution in [-0.2, 0) is 0 Å². The molecule has 1 aromatic carbocycles. The minimum absolute atomic E-state index is 0.201. The summed E-state index contributed by atoms with van der Waals surface area (Å²) in [6, 6.07) is 6.43. The molecule has 0 aliphatic carbocycles. The van der Waals surface area contributed by atoms with E-state index in [1.54, 1.807) is 0 Å². The lowest BCUT2D eigenvalue weighted by molar-refractivity contribution is 0.353. The summed E-state index contributed by atoms with van der Waals surface area (Å²) in [5, 5.41) is 3.54. The lowest BCUT2D eigenvalue weighted by atomic mass is 10.0. The Morgan fingerprint density at radius 2 is 2.12 bits per heavy atom. The molecule has 2 rings (SSSR count). The van der Waals surface area contributed by atoms with Gasteiger partial charge in [0.1, 0.15) is 0 Å². The van der Waals surface area contributed by atoms with Gasteiger partial charge >= 0.3 is 0 Å². The molecule has 2 nitrogen and oxygen atoms in total. The predicted octanol–water partition coefficient (Wildman–Crippen LogP) is 2.95. The second-order valence-corrected chi connectivity index (χ2v) is 5.97. The predicted molar refractivity (Wildman–Crippen MR) is 73.2 cm³/mol. The molecule has 0 atom stereocenters. The molecule has 1 aliphatic rings. The minimum Gasteiger partial charge on any atom is -0.368 e. The molecule has 1 saturated heterocycles. The number of hydrogen-bond donors (Lipinski definition) is 1. The Kier molecular flexibility index (Phi) is 3.27. The molecule has 0 unspecified atom stereocenters. The molecular formula is C13H19BrN2. The van der Waals surface area contributed by atoms with Gasteiger partial charge in [-0.25, -0.2) is 0 Å². The molecule has 1 fully saturated rings. The number of benzene rings is 1. The number of anilines is 1. The zero-order valence-electron chi connectivity index (χ0n) is 10.2. The van der Waals surface area contributed by atoms with E-state index >= 15 is 0 Å². The van der Waals surface area contributed by atoms with Gasteiger partial charge in [0.2, 0.25) is 0 Å². The molecule has 1 N–H and O–H groups in total. The first-order chi connectivity index (χ1) is 7.49. The second-order valence-electron chi connectivity index (χ2n) is 5.12. The van der Waals surface area contributed by atoms with Crippen LogP contribution in [0.3, 0.4) is 0 Å². The number of rotatable bonds is 1. The van der Waals surface area contributed by atoms with Gasteiger partial charge in [-0.1, -0.05) is 22.0 Å². The van der Waals surface area contributed by atoms with Gasteiger partial charge in [0.15, 0.2) is 0 Å². The van der Waals surface area contributed by atoms with Crippen LogP contribution in [0.25, 0.3) is 0 Å². The van der Waals surface area contributed by atoms with Crippen LogP contribution in [0.4, 0.5) is 5.69 Å². The van der Waals surface area contributed by atoms with Crippen LogP contribution in [0.5, 0.6) is 0 Å². The van der Waals surface area contributed by atoms with Crippen molar-refractivity contribution >= 4 is 21.6 Å². The number of piperazine rings is 1. The van der Waals surface area contributed by atoms with E-state index in [0.717, 1.165) is 19.6 Å². The van der Waals surface area contributed by atoms with Crippen molar-refractivity contribution < 1.29 is 0 Å². The van der Waals surface area contributed by atoms with Crippen molar-refractivity contribution in [2.24, 2.45) is 0 Å². The van der Waals surface area contributed by atoms with E-state index in [9.17, 15) is 0 Å². The van der Waals surface area contributed by atoms with Gasteiger partial charge in [0.25, 0.3) is 0 Å². The molecule has 1 aliphatic heterocycles. The highest BCUT2D eigenvalue weighted by atomic mass is 79.9. The average molecular weight is 283 g/mol. The first kappa shape index (κ1) is 11.9.